The minimum atomic E-state index is -0.910. The zero-order valence-corrected chi connectivity index (χ0v) is 14.9. The van der Waals surface area contributed by atoms with Crippen LogP contribution in [0.5, 0.6) is 11.5 Å². The van der Waals surface area contributed by atoms with Gasteiger partial charge in [-0.3, -0.25) is 9.59 Å². The topological polar surface area (TPSA) is 117 Å². The van der Waals surface area contributed by atoms with Gasteiger partial charge in [0.05, 0.1) is 25.7 Å². The van der Waals surface area contributed by atoms with Crippen molar-refractivity contribution in [2.45, 2.75) is 32.7 Å². The summed E-state index contributed by atoms with van der Waals surface area (Å²) in [6.07, 6.45) is 0.449. The Labute approximate surface area is 148 Å². The Morgan fingerprint density at radius 1 is 1.17 bits per heavy atom. The van der Waals surface area contributed by atoms with Crippen molar-refractivity contribution < 1.29 is 19.1 Å². The van der Waals surface area contributed by atoms with Gasteiger partial charge in [0.2, 0.25) is 11.8 Å². The number of carbonyl (C=O) groups is 2. The van der Waals surface area contributed by atoms with Crippen molar-refractivity contribution in [3.63, 3.8) is 0 Å². The predicted octanol–water partition coefficient (Wildman–Crippen LogP) is 0.767. The highest BCUT2D eigenvalue weighted by atomic mass is 35.5. The number of ether oxygens (including phenoxy) is 2. The summed E-state index contributed by atoms with van der Waals surface area (Å²) in [6, 6.07) is 4.75. The van der Waals surface area contributed by atoms with Crippen LogP contribution in [0.25, 0.3) is 0 Å². The number of nitrogens with one attached hydrogen (secondary N) is 1. The summed E-state index contributed by atoms with van der Waals surface area (Å²) >= 11 is 0. The minimum Gasteiger partial charge on any atom is -0.490 e. The van der Waals surface area contributed by atoms with Gasteiger partial charge in [0.1, 0.15) is 0 Å². The molecule has 0 heterocycles. The van der Waals surface area contributed by atoms with Crippen molar-refractivity contribution in [3.8, 4) is 11.5 Å². The Bertz CT molecular complexity index is 540. The van der Waals surface area contributed by atoms with Gasteiger partial charge in [-0.15, -0.1) is 12.4 Å². The maximum absolute atomic E-state index is 11.7. The molecule has 0 aromatic heterocycles. The Hall–Kier alpha value is -1.99. The second-order valence-electron chi connectivity index (χ2n) is 4.97. The van der Waals surface area contributed by atoms with E-state index in [4.69, 9.17) is 20.9 Å². The number of hydrogen-bond donors (Lipinski definition) is 3. The van der Waals surface area contributed by atoms with Gasteiger partial charge in [-0.2, -0.15) is 0 Å². The van der Waals surface area contributed by atoms with E-state index in [2.05, 4.69) is 5.32 Å². The molecule has 0 saturated carbocycles. The molecule has 1 aromatic carbocycles. The standard InChI is InChI=1S/C16H25N3O4.ClH/c1-3-22-13-6-5-11(9-14(13)23-4-2)7-8-19-16(21)12(17)10-15(18)20;/h5-6,9,12H,3-4,7-8,10,17H2,1-2H3,(H2,18,20)(H,19,21);1H. The van der Waals surface area contributed by atoms with E-state index >= 15 is 0 Å². The quantitative estimate of drug-likeness (QED) is 0.570. The molecule has 0 fully saturated rings. The van der Waals surface area contributed by atoms with Crippen LogP contribution in [0, 0.1) is 0 Å². The number of carbonyl (C=O) groups excluding carboxylic acids is 2. The van der Waals surface area contributed by atoms with Crippen LogP contribution in [0.2, 0.25) is 0 Å². The van der Waals surface area contributed by atoms with Crippen LogP contribution in [0.4, 0.5) is 0 Å². The lowest BCUT2D eigenvalue weighted by Crippen LogP contribution is -2.43. The minimum absolute atomic E-state index is 0. The number of benzene rings is 1. The molecule has 0 aliphatic rings. The van der Waals surface area contributed by atoms with Gasteiger partial charge in [0.25, 0.3) is 0 Å². The van der Waals surface area contributed by atoms with E-state index in [-0.39, 0.29) is 24.7 Å². The molecular weight excluding hydrogens is 334 g/mol. The van der Waals surface area contributed by atoms with Gasteiger partial charge in [-0.1, -0.05) is 6.07 Å². The fourth-order valence-electron chi connectivity index (χ4n) is 2.02. The first-order valence-corrected chi connectivity index (χ1v) is 7.68. The highest BCUT2D eigenvalue weighted by Crippen LogP contribution is 2.28. The molecule has 136 valence electrons. The van der Waals surface area contributed by atoms with Crippen LogP contribution in [0.15, 0.2) is 18.2 Å². The van der Waals surface area contributed by atoms with Gasteiger partial charge in [0, 0.05) is 6.54 Å². The summed E-state index contributed by atoms with van der Waals surface area (Å²) in [5, 5.41) is 2.68. The van der Waals surface area contributed by atoms with Crippen molar-refractivity contribution >= 4 is 24.2 Å². The third kappa shape index (κ3) is 7.52. The molecule has 0 bridgehead atoms. The number of rotatable bonds is 10. The monoisotopic (exact) mass is 359 g/mol. The number of hydrogen-bond acceptors (Lipinski definition) is 5. The van der Waals surface area contributed by atoms with E-state index in [1.54, 1.807) is 0 Å². The summed E-state index contributed by atoms with van der Waals surface area (Å²) in [5.74, 6) is 0.398. The fourth-order valence-corrected chi connectivity index (χ4v) is 2.02. The largest absolute Gasteiger partial charge is 0.490 e. The average molecular weight is 360 g/mol. The second-order valence-corrected chi connectivity index (χ2v) is 4.97. The molecule has 1 unspecified atom stereocenters. The fraction of sp³-hybridized carbons (Fsp3) is 0.500. The van der Waals surface area contributed by atoms with Crippen LogP contribution < -0.4 is 26.3 Å². The Morgan fingerprint density at radius 3 is 2.38 bits per heavy atom. The molecule has 2 amide bonds. The lowest BCUT2D eigenvalue weighted by atomic mass is 10.1. The maximum Gasteiger partial charge on any atom is 0.237 e. The van der Waals surface area contributed by atoms with Crippen molar-refractivity contribution in [2.75, 3.05) is 19.8 Å². The second kappa shape index (κ2) is 11.5. The molecule has 1 atom stereocenters. The normalized spacial score (nSPS) is 11.1. The van der Waals surface area contributed by atoms with E-state index in [0.29, 0.717) is 37.7 Å². The van der Waals surface area contributed by atoms with E-state index in [9.17, 15) is 9.59 Å². The van der Waals surface area contributed by atoms with Crippen molar-refractivity contribution in [3.05, 3.63) is 23.8 Å². The van der Waals surface area contributed by atoms with Crippen LogP contribution in [0.3, 0.4) is 0 Å². The van der Waals surface area contributed by atoms with E-state index in [1.807, 2.05) is 32.0 Å². The zero-order chi connectivity index (χ0) is 17.2. The van der Waals surface area contributed by atoms with Gasteiger partial charge >= 0.3 is 0 Å². The highest BCUT2D eigenvalue weighted by molar-refractivity contribution is 5.87. The van der Waals surface area contributed by atoms with Crippen LogP contribution >= 0.6 is 12.4 Å². The Morgan fingerprint density at radius 2 is 1.79 bits per heavy atom. The smallest absolute Gasteiger partial charge is 0.237 e. The maximum atomic E-state index is 11.7. The summed E-state index contributed by atoms with van der Waals surface area (Å²) in [7, 11) is 0. The highest BCUT2D eigenvalue weighted by Gasteiger charge is 2.15. The van der Waals surface area contributed by atoms with Gasteiger partial charge in [0.15, 0.2) is 11.5 Å². The average Bonchev–Trinajstić information content (AvgIpc) is 2.49. The molecule has 8 heteroatoms. The summed E-state index contributed by atoms with van der Waals surface area (Å²) in [4.78, 5) is 22.4. The van der Waals surface area contributed by atoms with Crippen molar-refractivity contribution in [2.24, 2.45) is 11.5 Å². The van der Waals surface area contributed by atoms with Crippen LogP contribution in [0.1, 0.15) is 25.8 Å². The number of nitrogens with two attached hydrogens (primary N) is 2. The Balaban J connectivity index is 0.00000529. The van der Waals surface area contributed by atoms with Crippen molar-refractivity contribution in [1.82, 2.24) is 5.32 Å². The summed E-state index contributed by atoms with van der Waals surface area (Å²) < 4.78 is 11.1. The first kappa shape index (κ1) is 22.0. The molecule has 0 radical (unpaired) electrons. The SMILES string of the molecule is CCOc1ccc(CCNC(=O)C(N)CC(N)=O)cc1OCC.Cl. The van der Waals surface area contributed by atoms with Gasteiger partial charge in [-0.05, 0) is 38.0 Å². The first-order chi connectivity index (χ1) is 11.0. The molecule has 1 rings (SSSR count). The lowest BCUT2D eigenvalue weighted by molar-refractivity contribution is -0.126. The third-order valence-electron chi connectivity index (χ3n) is 3.08. The summed E-state index contributed by atoms with van der Waals surface area (Å²) in [6.45, 7) is 5.33. The number of halogens is 1. The van der Waals surface area contributed by atoms with Crippen molar-refractivity contribution in [1.29, 1.82) is 0 Å². The zero-order valence-electron chi connectivity index (χ0n) is 14.0. The lowest BCUT2D eigenvalue weighted by Gasteiger charge is -2.13. The van der Waals surface area contributed by atoms with E-state index in [0.717, 1.165) is 5.56 Å². The van der Waals surface area contributed by atoms with Gasteiger partial charge < -0.3 is 26.3 Å². The van der Waals surface area contributed by atoms with E-state index < -0.39 is 11.9 Å². The third-order valence-corrected chi connectivity index (χ3v) is 3.08. The molecule has 0 aliphatic heterocycles. The first-order valence-electron chi connectivity index (χ1n) is 7.68. The Kier molecular flexibility index (Phi) is 10.6. The molecular formula is C16H26ClN3O4. The predicted molar refractivity (Wildman–Crippen MR) is 94.5 cm³/mol. The molecule has 7 nitrogen and oxygen atoms in total. The van der Waals surface area contributed by atoms with Gasteiger partial charge in [-0.25, -0.2) is 0 Å². The number of amides is 2. The molecule has 5 N–H and O–H groups in total. The summed E-state index contributed by atoms with van der Waals surface area (Å²) in [5.41, 5.74) is 11.6. The molecule has 0 saturated heterocycles. The van der Waals surface area contributed by atoms with Crippen LogP contribution in [-0.4, -0.2) is 37.6 Å². The van der Waals surface area contributed by atoms with E-state index in [1.165, 1.54) is 0 Å². The molecule has 24 heavy (non-hydrogen) atoms. The molecule has 0 aliphatic carbocycles. The molecule has 0 spiro atoms. The number of primary amides is 1. The van der Waals surface area contributed by atoms with Crippen LogP contribution in [-0.2, 0) is 16.0 Å². The molecule has 1 aromatic rings.